The average molecular weight is 156 g/mol. The largest absolute Gasteiger partial charge is 0.449 e. The van der Waals surface area contributed by atoms with Gasteiger partial charge < -0.3 is 15.8 Å². The van der Waals surface area contributed by atoms with E-state index in [1.807, 2.05) is 0 Å². The molecule has 0 radical (unpaired) electrons. The number of carbonyl (C=O) groups excluding carboxylic acids is 1. The maximum atomic E-state index is 10.2. The molecule has 2 atom stereocenters. The van der Waals surface area contributed by atoms with Gasteiger partial charge in [0.05, 0.1) is 6.61 Å². The van der Waals surface area contributed by atoms with E-state index in [2.05, 4.69) is 5.32 Å². The number of fused-ring (bicyclic) bond motifs is 1. The molecule has 2 unspecified atom stereocenters. The van der Waals surface area contributed by atoms with Crippen LogP contribution in [0.4, 0.5) is 4.79 Å². The number of hydrogen-bond acceptors (Lipinski definition) is 3. The number of carbonyl (C=O) groups is 1. The van der Waals surface area contributed by atoms with Gasteiger partial charge in [-0.05, 0) is 24.9 Å². The Balaban J connectivity index is 1.71. The van der Waals surface area contributed by atoms with E-state index < -0.39 is 6.09 Å². The molecule has 0 spiro atoms. The van der Waals surface area contributed by atoms with Crippen molar-refractivity contribution in [2.24, 2.45) is 23.5 Å². The highest BCUT2D eigenvalue weighted by molar-refractivity contribution is 5.64. The molecule has 0 aromatic carbocycles. The van der Waals surface area contributed by atoms with Gasteiger partial charge in [0, 0.05) is 5.92 Å². The second-order valence-corrected chi connectivity index (χ2v) is 3.28. The van der Waals surface area contributed by atoms with Gasteiger partial charge in [-0.15, -0.1) is 0 Å². The van der Waals surface area contributed by atoms with Gasteiger partial charge in [-0.1, -0.05) is 0 Å². The van der Waals surface area contributed by atoms with E-state index in [4.69, 9.17) is 10.5 Å². The Morgan fingerprint density at radius 3 is 2.73 bits per heavy atom. The maximum Gasteiger partial charge on any atom is 0.404 e. The molecular formula is C7H12N2O2. The monoisotopic (exact) mass is 156 g/mol. The van der Waals surface area contributed by atoms with Crippen LogP contribution in [-0.2, 0) is 4.74 Å². The van der Waals surface area contributed by atoms with E-state index in [-0.39, 0.29) is 0 Å². The Hall–Kier alpha value is -0.770. The molecular weight excluding hydrogens is 144 g/mol. The minimum absolute atomic E-state index is 0.520. The zero-order chi connectivity index (χ0) is 7.84. The fourth-order valence-electron chi connectivity index (χ4n) is 1.97. The SMILES string of the molecule is NC(=O)OCC1C2CNCC21. The number of nitrogens with one attached hydrogen (secondary N) is 1. The molecule has 0 bridgehead atoms. The number of amides is 1. The molecule has 0 aromatic rings. The third kappa shape index (κ3) is 1.18. The number of nitrogens with two attached hydrogens (primary N) is 1. The van der Waals surface area contributed by atoms with E-state index in [9.17, 15) is 4.79 Å². The summed E-state index contributed by atoms with van der Waals surface area (Å²) < 4.78 is 4.71. The molecule has 1 aliphatic heterocycles. The number of ether oxygens (including phenoxy) is 1. The molecule has 2 aliphatic rings. The summed E-state index contributed by atoms with van der Waals surface area (Å²) in [6.07, 6.45) is -0.650. The zero-order valence-electron chi connectivity index (χ0n) is 6.25. The van der Waals surface area contributed by atoms with Crippen molar-refractivity contribution < 1.29 is 9.53 Å². The van der Waals surface area contributed by atoms with Crippen LogP contribution in [0.3, 0.4) is 0 Å². The van der Waals surface area contributed by atoms with Crippen LogP contribution in [0.5, 0.6) is 0 Å². The molecule has 11 heavy (non-hydrogen) atoms. The number of piperidine rings is 1. The smallest absolute Gasteiger partial charge is 0.404 e. The second kappa shape index (κ2) is 2.37. The maximum absolute atomic E-state index is 10.2. The van der Waals surface area contributed by atoms with Crippen molar-refractivity contribution >= 4 is 6.09 Å². The van der Waals surface area contributed by atoms with Crippen LogP contribution < -0.4 is 11.1 Å². The number of rotatable bonds is 2. The Labute approximate surface area is 65.1 Å². The molecule has 3 N–H and O–H groups in total. The van der Waals surface area contributed by atoms with Crippen molar-refractivity contribution in [3.63, 3.8) is 0 Å². The first-order valence-corrected chi connectivity index (χ1v) is 3.92. The summed E-state index contributed by atoms with van der Waals surface area (Å²) in [6, 6.07) is 0. The van der Waals surface area contributed by atoms with Gasteiger partial charge >= 0.3 is 6.09 Å². The molecule has 1 saturated carbocycles. The summed E-state index contributed by atoms with van der Waals surface area (Å²) in [4.78, 5) is 10.2. The van der Waals surface area contributed by atoms with E-state index in [1.54, 1.807) is 0 Å². The standard InChI is InChI=1S/C7H12N2O2/c8-7(10)11-3-6-4-1-9-2-5(4)6/h4-6,9H,1-3H2,(H2,8,10). The molecule has 1 heterocycles. The van der Waals surface area contributed by atoms with Crippen molar-refractivity contribution in [2.45, 2.75) is 0 Å². The van der Waals surface area contributed by atoms with Crippen LogP contribution in [-0.4, -0.2) is 25.8 Å². The van der Waals surface area contributed by atoms with Gasteiger partial charge in [-0.25, -0.2) is 4.79 Å². The van der Waals surface area contributed by atoms with Gasteiger partial charge in [-0.2, -0.15) is 0 Å². The molecule has 0 aromatic heterocycles. The van der Waals surface area contributed by atoms with Crippen LogP contribution in [0.1, 0.15) is 0 Å². The lowest BCUT2D eigenvalue weighted by molar-refractivity contribution is 0.147. The predicted molar refractivity (Wildman–Crippen MR) is 38.9 cm³/mol. The summed E-state index contributed by atoms with van der Waals surface area (Å²) in [7, 11) is 0. The van der Waals surface area contributed by atoms with Crippen molar-refractivity contribution in [2.75, 3.05) is 19.7 Å². The van der Waals surface area contributed by atoms with E-state index in [0.717, 1.165) is 24.9 Å². The van der Waals surface area contributed by atoms with E-state index in [1.165, 1.54) is 0 Å². The summed E-state index contributed by atoms with van der Waals surface area (Å²) in [5.41, 5.74) is 4.84. The summed E-state index contributed by atoms with van der Waals surface area (Å²) in [5, 5.41) is 3.27. The molecule has 1 saturated heterocycles. The minimum Gasteiger partial charge on any atom is -0.449 e. The molecule has 2 rings (SSSR count). The first-order valence-electron chi connectivity index (χ1n) is 3.92. The Morgan fingerprint density at radius 2 is 2.18 bits per heavy atom. The highest BCUT2D eigenvalue weighted by Gasteiger charge is 2.53. The lowest BCUT2D eigenvalue weighted by Gasteiger charge is -2.03. The fraction of sp³-hybridized carbons (Fsp3) is 0.857. The quantitative estimate of drug-likeness (QED) is 0.569. The lowest BCUT2D eigenvalue weighted by Crippen LogP contribution is -2.20. The molecule has 1 aliphatic carbocycles. The Kier molecular flexibility index (Phi) is 1.49. The highest BCUT2D eigenvalue weighted by atomic mass is 16.5. The van der Waals surface area contributed by atoms with Crippen molar-refractivity contribution in [1.82, 2.24) is 5.32 Å². The first kappa shape index (κ1) is 6.91. The predicted octanol–water partition coefficient (Wildman–Crippen LogP) is -0.453. The molecule has 4 nitrogen and oxygen atoms in total. The van der Waals surface area contributed by atoms with Crippen LogP contribution >= 0.6 is 0 Å². The van der Waals surface area contributed by atoms with Crippen LogP contribution in [0.15, 0.2) is 0 Å². The fourth-order valence-corrected chi connectivity index (χ4v) is 1.97. The normalized spacial score (nSPS) is 39.8. The molecule has 2 fully saturated rings. The number of primary amides is 1. The average Bonchev–Trinajstić information content (AvgIpc) is 2.44. The van der Waals surface area contributed by atoms with E-state index in [0.29, 0.717) is 12.5 Å². The van der Waals surface area contributed by atoms with Crippen molar-refractivity contribution in [1.29, 1.82) is 0 Å². The molecule has 4 heteroatoms. The van der Waals surface area contributed by atoms with Crippen LogP contribution in [0.25, 0.3) is 0 Å². The second-order valence-electron chi connectivity index (χ2n) is 3.28. The van der Waals surface area contributed by atoms with Gasteiger partial charge in [0.1, 0.15) is 0 Å². The van der Waals surface area contributed by atoms with Crippen molar-refractivity contribution in [3.05, 3.63) is 0 Å². The van der Waals surface area contributed by atoms with Gasteiger partial charge in [0.25, 0.3) is 0 Å². The third-order valence-electron chi connectivity index (χ3n) is 2.69. The summed E-state index contributed by atoms with van der Waals surface area (Å²) in [5.74, 6) is 2.08. The Morgan fingerprint density at radius 1 is 1.55 bits per heavy atom. The van der Waals surface area contributed by atoms with Gasteiger partial charge in [0.2, 0.25) is 0 Å². The van der Waals surface area contributed by atoms with Gasteiger partial charge in [0.15, 0.2) is 0 Å². The Bertz CT molecular complexity index is 173. The summed E-state index contributed by atoms with van der Waals surface area (Å²) >= 11 is 0. The van der Waals surface area contributed by atoms with Crippen molar-refractivity contribution in [3.8, 4) is 0 Å². The highest BCUT2D eigenvalue weighted by Crippen LogP contribution is 2.48. The topological polar surface area (TPSA) is 64.4 Å². The van der Waals surface area contributed by atoms with Crippen LogP contribution in [0, 0.1) is 17.8 Å². The first-order chi connectivity index (χ1) is 5.29. The lowest BCUT2D eigenvalue weighted by atomic mass is 10.3. The van der Waals surface area contributed by atoms with Crippen LogP contribution in [0.2, 0.25) is 0 Å². The zero-order valence-corrected chi connectivity index (χ0v) is 6.25. The van der Waals surface area contributed by atoms with E-state index >= 15 is 0 Å². The molecule has 1 amide bonds. The number of hydrogen-bond donors (Lipinski definition) is 2. The summed E-state index contributed by atoms with van der Waals surface area (Å²) in [6.45, 7) is 2.68. The third-order valence-corrected chi connectivity index (χ3v) is 2.69. The minimum atomic E-state index is -0.650. The van der Waals surface area contributed by atoms with Gasteiger partial charge in [-0.3, -0.25) is 0 Å². The molecule has 62 valence electrons.